The van der Waals surface area contributed by atoms with Gasteiger partial charge in [0.15, 0.2) is 0 Å². The predicted molar refractivity (Wildman–Crippen MR) is 90.4 cm³/mol. The number of carbonyl (C=O) groups excluding carboxylic acids is 1. The maximum absolute atomic E-state index is 12.9. The van der Waals surface area contributed by atoms with E-state index in [1.54, 1.807) is 6.20 Å². The molecule has 2 rings (SSSR count). The molecular weight excluding hydrogens is 272 g/mol. The topological polar surface area (TPSA) is 42.0 Å². The van der Waals surface area contributed by atoms with E-state index in [2.05, 4.69) is 17.2 Å². The van der Waals surface area contributed by atoms with Crippen LogP contribution >= 0.6 is 0 Å². The monoisotopic (exact) mass is 302 g/mol. The van der Waals surface area contributed by atoms with Gasteiger partial charge in [0.1, 0.15) is 0 Å². The minimum atomic E-state index is -0.418. The molecule has 3 nitrogen and oxygen atoms in total. The number of hydrogen-bond donors (Lipinski definition) is 1. The first-order valence-corrected chi connectivity index (χ1v) is 8.78. The molecule has 1 amide bonds. The molecule has 1 aliphatic rings. The lowest BCUT2D eigenvalue weighted by atomic mass is 9.77. The second-order valence-electron chi connectivity index (χ2n) is 7.12. The lowest BCUT2D eigenvalue weighted by Gasteiger charge is -2.33. The molecule has 0 radical (unpaired) electrons. The summed E-state index contributed by atoms with van der Waals surface area (Å²) in [7, 11) is 0. The van der Waals surface area contributed by atoms with Crippen molar-refractivity contribution in [1.29, 1.82) is 0 Å². The van der Waals surface area contributed by atoms with Gasteiger partial charge in [-0.25, -0.2) is 0 Å². The summed E-state index contributed by atoms with van der Waals surface area (Å²) in [5.74, 6) is 0.936. The third kappa shape index (κ3) is 4.31. The molecule has 1 aromatic heterocycles. The van der Waals surface area contributed by atoms with Gasteiger partial charge in [-0.3, -0.25) is 9.78 Å². The van der Waals surface area contributed by atoms with Crippen LogP contribution in [-0.2, 0) is 10.3 Å². The van der Waals surface area contributed by atoms with Crippen LogP contribution < -0.4 is 5.32 Å². The minimum Gasteiger partial charge on any atom is -0.345 e. The molecule has 1 aromatic rings. The van der Waals surface area contributed by atoms with E-state index in [4.69, 9.17) is 0 Å². The van der Waals surface area contributed by atoms with Gasteiger partial charge in [0.05, 0.1) is 11.2 Å². The first-order chi connectivity index (χ1) is 10.5. The molecule has 0 saturated heterocycles. The normalized spacial score (nSPS) is 18.0. The lowest BCUT2D eigenvalue weighted by molar-refractivity contribution is -0.129. The van der Waals surface area contributed by atoms with Crippen molar-refractivity contribution in [3.8, 4) is 0 Å². The lowest BCUT2D eigenvalue weighted by Crippen LogP contribution is -2.46. The van der Waals surface area contributed by atoms with Crippen LogP contribution in [0.2, 0.25) is 0 Å². The Kier molecular flexibility index (Phi) is 5.98. The highest BCUT2D eigenvalue weighted by atomic mass is 16.2. The Morgan fingerprint density at radius 3 is 2.64 bits per heavy atom. The zero-order chi connectivity index (χ0) is 16.0. The standard InChI is InChI=1S/C19H30N2O/c1-4-10-16(15-11-6-5-7-12-15)18(22)21-19(2,3)17-13-8-9-14-20-17/h8-9,13-16H,4-7,10-12H2,1-3H3,(H,21,22)/t16-/m1/s1. The maximum atomic E-state index is 12.9. The summed E-state index contributed by atoms with van der Waals surface area (Å²) in [5.41, 5.74) is 0.501. The summed E-state index contributed by atoms with van der Waals surface area (Å²) in [6.07, 6.45) is 10.2. The second kappa shape index (κ2) is 7.75. The molecule has 1 N–H and O–H groups in total. The van der Waals surface area contributed by atoms with Crippen molar-refractivity contribution in [3.05, 3.63) is 30.1 Å². The van der Waals surface area contributed by atoms with Gasteiger partial charge >= 0.3 is 0 Å². The largest absolute Gasteiger partial charge is 0.345 e. The smallest absolute Gasteiger partial charge is 0.224 e. The van der Waals surface area contributed by atoms with E-state index in [1.165, 1.54) is 32.1 Å². The molecule has 22 heavy (non-hydrogen) atoms. The van der Waals surface area contributed by atoms with Crippen LogP contribution in [0.5, 0.6) is 0 Å². The summed E-state index contributed by atoms with van der Waals surface area (Å²) in [6.45, 7) is 6.25. The van der Waals surface area contributed by atoms with Crippen molar-refractivity contribution < 1.29 is 4.79 Å². The minimum absolute atomic E-state index is 0.160. The number of nitrogens with one attached hydrogen (secondary N) is 1. The Morgan fingerprint density at radius 1 is 1.32 bits per heavy atom. The Balaban J connectivity index is 2.06. The van der Waals surface area contributed by atoms with Crippen LogP contribution in [0.3, 0.4) is 0 Å². The van der Waals surface area contributed by atoms with Gasteiger partial charge in [-0.05, 0) is 51.2 Å². The number of hydrogen-bond acceptors (Lipinski definition) is 2. The molecule has 0 aliphatic heterocycles. The number of rotatable bonds is 6. The summed E-state index contributed by atoms with van der Waals surface area (Å²) in [5, 5.41) is 3.25. The molecule has 1 saturated carbocycles. The highest BCUT2D eigenvalue weighted by Gasteiger charge is 2.32. The Morgan fingerprint density at radius 2 is 2.05 bits per heavy atom. The summed E-state index contributed by atoms with van der Waals surface area (Å²) in [6, 6.07) is 5.86. The van der Waals surface area contributed by atoms with Crippen molar-refractivity contribution in [1.82, 2.24) is 10.3 Å². The van der Waals surface area contributed by atoms with E-state index < -0.39 is 5.54 Å². The van der Waals surface area contributed by atoms with E-state index >= 15 is 0 Å². The van der Waals surface area contributed by atoms with Gasteiger partial charge in [-0.1, -0.05) is 38.7 Å². The van der Waals surface area contributed by atoms with Crippen LogP contribution in [0, 0.1) is 11.8 Å². The third-order valence-corrected chi connectivity index (χ3v) is 4.90. The van der Waals surface area contributed by atoms with Crippen molar-refractivity contribution in [2.24, 2.45) is 11.8 Å². The highest BCUT2D eigenvalue weighted by molar-refractivity contribution is 5.79. The first-order valence-electron chi connectivity index (χ1n) is 8.78. The summed E-state index contributed by atoms with van der Waals surface area (Å²) >= 11 is 0. The molecule has 1 heterocycles. The second-order valence-corrected chi connectivity index (χ2v) is 7.12. The summed E-state index contributed by atoms with van der Waals surface area (Å²) < 4.78 is 0. The predicted octanol–water partition coefficient (Wildman–Crippen LogP) is 4.43. The Bertz CT molecular complexity index is 464. The number of pyridine rings is 1. The van der Waals surface area contributed by atoms with E-state index in [0.29, 0.717) is 5.92 Å². The Hall–Kier alpha value is -1.38. The van der Waals surface area contributed by atoms with E-state index in [9.17, 15) is 4.79 Å². The van der Waals surface area contributed by atoms with Crippen LogP contribution in [-0.4, -0.2) is 10.9 Å². The highest BCUT2D eigenvalue weighted by Crippen LogP contribution is 2.33. The molecule has 0 spiro atoms. The molecular formula is C19H30N2O. The molecule has 1 atom stereocenters. The van der Waals surface area contributed by atoms with Crippen molar-refractivity contribution in [2.75, 3.05) is 0 Å². The van der Waals surface area contributed by atoms with Gasteiger partial charge in [0.25, 0.3) is 0 Å². The van der Waals surface area contributed by atoms with Gasteiger partial charge in [0, 0.05) is 12.1 Å². The fourth-order valence-corrected chi connectivity index (χ4v) is 3.63. The fourth-order valence-electron chi connectivity index (χ4n) is 3.63. The zero-order valence-corrected chi connectivity index (χ0v) is 14.3. The van der Waals surface area contributed by atoms with Crippen LogP contribution in [0.15, 0.2) is 24.4 Å². The maximum Gasteiger partial charge on any atom is 0.224 e. The fraction of sp³-hybridized carbons (Fsp3) is 0.684. The van der Waals surface area contributed by atoms with Gasteiger partial charge < -0.3 is 5.32 Å². The van der Waals surface area contributed by atoms with Gasteiger partial charge in [-0.15, -0.1) is 0 Å². The quantitative estimate of drug-likeness (QED) is 0.844. The molecule has 0 unspecified atom stereocenters. The molecule has 122 valence electrons. The molecule has 1 fully saturated rings. The van der Waals surface area contributed by atoms with E-state index in [0.717, 1.165) is 18.5 Å². The average Bonchev–Trinajstić information content (AvgIpc) is 2.54. The van der Waals surface area contributed by atoms with E-state index in [-0.39, 0.29) is 11.8 Å². The number of amides is 1. The number of aromatic nitrogens is 1. The number of nitrogens with zero attached hydrogens (tertiary/aromatic N) is 1. The molecule has 3 heteroatoms. The van der Waals surface area contributed by atoms with Crippen LogP contribution in [0.25, 0.3) is 0 Å². The van der Waals surface area contributed by atoms with Crippen molar-refractivity contribution in [3.63, 3.8) is 0 Å². The number of carbonyl (C=O) groups is 1. The van der Waals surface area contributed by atoms with Crippen molar-refractivity contribution in [2.45, 2.75) is 71.3 Å². The third-order valence-electron chi connectivity index (χ3n) is 4.90. The van der Waals surface area contributed by atoms with Gasteiger partial charge in [0.2, 0.25) is 5.91 Å². The average molecular weight is 302 g/mol. The SMILES string of the molecule is CCC[C@@H](C(=O)NC(C)(C)c1ccccn1)C1CCCCC1. The van der Waals surface area contributed by atoms with Gasteiger partial charge in [-0.2, -0.15) is 0 Å². The molecule has 1 aliphatic carbocycles. The van der Waals surface area contributed by atoms with Crippen molar-refractivity contribution >= 4 is 5.91 Å². The van der Waals surface area contributed by atoms with Crippen LogP contribution in [0.1, 0.15) is 71.4 Å². The van der Waals surface area contributed by atoms with E-state index in [1.807, 2.05) is 32.0 Å². The zero-order valence-electron chi connectivity index (χ0n) is 14.3. The summed E-state index contributed by atoms with van der Waals surface area (Å²) in [4.78, 5) is 17.3. The van der Waals surface area contributed by atoms with Crippen LogP contribution in [0.4, 0.5) is 0 Å². The Labute approximate surface area is 134 Å². The molecule has 0 bridgehead atoms. The molecule has 0 aromatic carbocycles. The first kappa shape index (κ1) is 17.0.